The molecule has 0 radical (unpaired) electrons. The van der Waals surface area contributed by atoms with Gasteiger partial charge in [-0.1, -0.05) is 17.5 Å². The lowest BCUT2D eigenvalue weighted by Crippen LogP contribution is -2.51. The maximum atomic E-state index is 6.52. The summed E-state index contributed by atoms with van der Waals surface area (Å²) in [6.07, 6.45) is 7.45. The molecule has 2 atom stereocenters. The number of anilines is 2. The van der Waals surface area contributed by atoms with Crippen molar-refractivity contribution in [3.63, 3.8) is 0 Å². The number of aromatic amines is 1. The largest absolute Gasteiger partial charge is 0.376 e. The number of fused-ring (bicyclic) bond motifs is 3. The van der Waals surface area contributed by atoms with E-state index in [0.717, 1.165) is 49.5 Å². The molecule has 186 valence electrons. The molecule has 2 aliphatic heterocycles. The highest BCUT2D eigenvalue weighted by atomic mass is 35.5. The highest BCUT2D eigenvalue weighted by Crippen LogP contribution is 2.42. The van der Waals surface area contributed by atoms with Gasteiger partial charge in [-0.25, -0.2) is 9.97 Å². The van der Waals surface area contributed by atoms with E-state index in [1.165, 1.54) is 0 Å². The number of rotatable bonds is 2. The smallest absolute Gasteiger partial charge is 0.213 e. The first-order chi connectivity index (χ1) is 17.4. The van der Waals surface area contributed by atoms with Crippen molar-refractivity contribution in [2.24, 2.45) is 11.1 Å². The molecule has 2 aliphatic rings. The molecule has 6 rings (SSSR count). The maximum Gasteiger partial charge on any atom is 0.213 e. The second-order valence-electron chi connectivity index (χ2n) is 9.86. The van der Waals surface area contributed by atoms with Gasteiger partial charge in [0.05, 0.1) is 23.1 Å². The molecule has 11 heteroatoms. The lowest BCUT2D eigenvalue weighted by molar-refractivity contribution is 0.0973. The van der Waals surface area contributed by atoms with Gasteiger partial charge in [0, 0.05) is 62.8 Å². The number of halogens is 1. The molecule has 0 unspecified atom stereocenters. The van der Waals surface area contributed by atoms with E-state index in [2.05, 4.69) is 43.8 Å². The van der Waals surface area contributed by atoms with E-state index in [-0.39, 0.29) is 17.6 Å². The Kier molecular flexibility index (Phi) is 5.52. The summed E-state index contributed by atoms with van der Waals surface area (Å²) in [7, 11) is 3.78. The fraction of sp³-hybridized carbons (Fsp3) is 0.440. The molecule has 3 N–H and O–H groups in total. The van der Waals surface area contributed by atoms with Gasteiger partial charge in [0.2, 0.25) is 5.95 Å². The average Bonchev–Trinajstić information content (AvgIpc) is 3.58. The molecule has 0 saturated carbocycles. The van der Waals surface area contributed by atoms with E-state index >= 15 is 0 Å². The Hall–Kier alpha value is -3.39. The lowest BCUT2D eigenvalue weighted by atomic mass is 9.73. The molecular formula is C25H28ClN9O. The van der Waals surface area contributed by atoms with E-state index in [4.69, 9.17) is 27.1 Å². The molecule has 1 spiro atoms. The number of nitrogens with zero attached hydrogens (tertiary/aromatic N) is 7. The summed E-state index contributed by atoms with van der Waals surface area (Å²) >= 11 is 6.52. The van der Waals surface area contributed by atoms with Gasteiger partial charge in [0.25, 0.3) is 0 Å². The zero-order valence-electron chi connectivity index (χ0n) is 20.5. The van der Waals surface area contributed by atoms with E-state index in [0.29, 0.717) is 27.7 Å². The number of hydrogen-bond donors (Lipinski definition) is 2. The summed E-state index contributed by atoms with van der Waals surface area (Å²) < 4.78 is 7.90. The van der Waals surface area contributed by atoms with Crippen LogP contribution < -0.4 is 15.5 Å². The van der Waals surface area contributed by atoms with Gasteiger partial charge in [-0.15, -0.1) is 0 Å². The number of ether oxygens (including phenoxy) is 1. The topological polar surface area (TPSA) is 113 Å². The first kappa shape index (κ1) is 23.0. The normalized spacial score (nSPS) is 21.3. The van der Waals surface area contributed by atoms with Crippen molar-refractivity contribution in [3.05, 3.63) is 40.9 Å². The molecular weight excluding hydrogens is 478 g/mol. The Labute approximate surface area is 213 Å². The Morgan fingerprint density at radius 1 is 1.22 bits per heavy atom. The van der Waals surface area contributed by atoms with Gasteiger partial charge in [-0.05, 0) is 31.8 Å². The molecule has 10 nitrogen and oxygen atoms in total. The number of H-pyrrole nitrogens is 1. The zero-order chi connectivity index (χ0) is 25.0. The minimum Gasteiger partial charge on any atom is -0.376 e. The third-order valence-corrected chi connectivity index (χ3v) is 7.91. The number of nitrogens with two attached hydrogens (primary N) is 1. The summed E-state index contributed by atoms with van der Waals surface area (Å²) in [4.78, 5) is 18.0. The number of aromatic nitrogens is 6. The molecule has 4 aromatic heterocycles. The predicted octanol–water partition coefficient (Wildman–Crippen LogP) is 2.45. The highest BCUT2D eigenvalue weighted by Gasteiger charge is 2.47. The number of imidazole rings is 1. The minimum atomic E-state index is 0.0471. The van der Waals surface area contributed by atoms with Crippen LogP contribution in [0.15, 0.2) is 24.7 Å². The van der Waals surface area contributed by atoms with Crippen LogP contribution in [0.5, 0.6) is 0 Å². The average molecular weight is 506 g/mol. The second-order valence-corrected chi connectivity index (χ2v) is 10.2. The van der Waals surface area contributed by atoms with Gasteiger partial charge in [0.1, 0.15) is 11.5 Å². The van der Waals surface area contributed by atoms with Crippen molar-refractivity contribution in [3.8, 4) is 11.8 Å². The van der Waals surface area contributed by atoms with Gasteiger partial charge >= 0.3 is 0 Å². The van der Waals surface area contributed by atoms with Crippen LogP contribution in [0.1, 0.15) is 31.0 Å². The van der Waals surface area contributed by atoms with Crippen LogP contribution in [0.4, 0.5) is 11.8 Å². The number of hydrogen-bond acceptors (Lipinski definition) is 8. The van der Waals surface area contributed by atoms with Gasteiger partial charge in [-0.2, -0.15) is 10.1 Å². The fourth-order valence-corrected chi connectivity index (χ4v) is 5.66. The predicted molar refractivity (Wildman–Crippen MR) is 139 cm³/mol. The Morgan fingerprint density at radius 3 is 2.75 bits per heavy atom. The molecule has 36 heavy (non-hydrogen) atoms. The van der Waals surface area contributed by atoms with E-state index < -0.39 is 0 Å². The fourth-order valence-electron chi connectivity index (χ4n) is 5.34. The molecule has 0 bridgehead atoms. The van der Waals surface area contributed by atoms with Crippen LogP contribution in [0.3, 0.4) is 0 Å². The highest BCUT2D eigenvalue weighted by molar-refractivity contribution is 6.34. The van der Waals surface area contributed by atoms with Gasteiger partial charge in [-0.3, -0.25) is 9.50 Å². The van der Waals surface area contributed by atoms with Crippen LogP contribution in [0.2, 0.25) is 5.02 Å². The van der Waals surface area contributed by atoms with Gasteiger partial charge < -0.3 is 20.3 Å². The molecule has 0 aromatic carbocycles. The molecule has 0 aliphatic carbocycles. The van der Waals surface area contributed by atoms with Gasteiger partial charge in [0.15, 0.2) is 11.3 Å². The molecule has 6 heterocycles. The van der Waals surface area contributed by atoms with Crippen molar-refractivity contribution >= 4 is 40.0 Å². The molecule has 4 aromatic rings. The summed E-state index contributed by atoms with van der Waals surface area (Å²) in [6, 6.07) is 1.86. The van der Waals surface area contributed by atoms with Crippen LogP contribution in [-0.4, -0.2) is 75.5 Å². The lowest BCUT2D eigenvalue weighted by Gasteiger charge is -2.41. The minimum absolute atomic E-state index is 0.0471. The summed E-state index contributed by atoms with van der Waals surface area (Å²) in [5.41, 5.74) is 9.22. The van der Waals surface area contributed by atoms with Crippen molar-refractivity contribution < 1.29 is 4.74 Å². The third-order valence-electron chi connectivity index (χ3n) is 7.54. The van der Waals surface area contributed by atoms with Crippen molar-refractivity contribution in [2.45, 2.75) is 31.9 Å². The summed E-state index contributed by atoms with van der Waals surface area (Å²) in [5.74, 6) is 7.80. The number of nitrogens with one attached hydrogen (secondary N) is 1. The van der Waals surface area contributed by atoms with Crippen molar-refractivity contribution in [1.82, 2.24) is 29.5 Å². The van der Waals surface area contributed by atoms with Crippen molar-refractivity contribution in [1.29, 1.82) is 0 Å². The molecule has 0 amide bonds. The Balaban J connectivity index is 1.34. The maximum absolute atomic E-state index is 6.52. The summed E-state index contributed by atoms with van der Waals surface area (Å²) in [5, 5.41) is 8.79. The molecule has 2 saturated heterocycles. The van der Waals surface area contributed by atoms with E-state index in [1.807, 2.05) is 29.6 Å². The van der Waals surface area contributed by atoms with Crippen LogP contribution in [0, 0.1) is 17.3 Å². The van der Waals surface area contributed by atoms with E-state index in [1.54, 1.807) is 18.5 Å². The van der Waals surface area contributed by atoms with E-state index in [9.17, 15) is 0 Å². The SMILES string of the molecule is C[C@@H]1OCC2(CCN(c3nc4[nH]nc(C#Cc5ccnc(N(C)C)c5Cl)c4c4nccn34)CC2)[C@@H]1N. The zero-order valence-corrected chi connectivity index (χ0v) is 21.2. The Morgan fingerprint density at radius 2 is 2.03 bits per heavy atom. The monoisotopic (exact) mass is 505 g/mol. The standard InChI is InChI=1S/C25H28ClN9O/c1-15-20(27)25(14-36-15)7-11-34(12-8-25)24-30-21-18(22-29-10-13-35(22)24)17(31-32-21)5-4-16-6-9-28-23(19(16)26)33(2)3/h6,9-10,13,15,20H,7-8,11-12,14,27H2,1-3H3,(H,31,32)/t15-,20+/m0/s1. The first-order valence-electron chi connectivity index (χ1n) is 12.0. The summed E-state index contributed by atoms with van der Waals surface area (Å²) in [6.45, 7) is 4.51. The number of pyridine rings is 1. The molecule has 2 fully saturated rings. The quantitative estimate of drug-likeness (QED) is 0.399. The third kappa shape index (κ3) is 3.58. The van der Waals surface area contributed by atoms with Crippen LogP contribution >= 0.6 is 11.6 Å². The number of piperidine rings is 1. The van der Waals surface area contributed by atoms with Crippen LogP contribution in [-0.2, 0) is 4.74 Å². The van der Waals surface area contributed by atoms with Crippen LogP contribution in [0.25, 0.3) is 16.7 Å². The second kappa shape index (κ2) is 8.62. The Bertz CT molecular complexity index is 1510. The van der Waals surface area contributed by atoms with Crippen molar-refractivity contribution in [2.75, 3.05) is 43.6 Å². The first-order valence-corrected chi connectivity index (χ1v) is 12.4.